The van der Waals surface area contributed by atoms with Crippen LogP contribution in [-0.2, 0) is 0 Å². The van der Waals surface area contributed by atoms with Crippen LogP contribution in [0.2, 0.25) is 0 Å². The van der Waals surface area contributed by atoms with Crippen molar-refractivity contribution >= 4 is 23.1 Å². The van der Waals surface area contributed by atoms with Gasteiger partial charge >= 0.3 is 0 Å². The lowest BCUT2D eigenvalue weighted by Gasteiger charge is -2.21. The Balaban J connectivity index is 1.80. The number of rotatable bonds is 1. The maximum absolute atomic E-state index is 4.69. The zero-order valence-corrected chi connectivity index (χ0v) is 18.5. The number of benzene rings is 2. The average molecular weight is 398 g/mol. The quantitative estimate of drug-likeness (QED) is 0.289. The van der Waals surface area contributed by atoms with Crippen LogP contribution in [0, 0.1) is 56.3 Å². The number of hydrogen-bond acceptors (Lipinski definition) is 2. The summed E-state index contributed by atoms with van der Waals surface area (Å²) in [5, 5.41) is 2.42. The average Bonchev–Trinajstić information content (AvgIpc) is 2.69. The fourth-order valence-electron chi connectivity index (χ4n) is 3.87. The van der Waals surface area contributed by atoms with Crippen LogP contribution in [0.4, 0.5) is 5.69 Å². The van der Waals surface area contributed by atoms with Gasteiger partial charge in [-0.3, -0.25) is 0 Å². The molecule has 0 aliphatic heterocycles. The van der Waals surface area contributed by atoms with Crippen LogP contribution in [0.25, 0.3) is 0 Å². The molecule has 0 atom stereocenters. The van der Waals surface area contributed by atoms with E-state index in [-0.39, 0.29) is 0 Å². The molecule has 1 aliphatic carbocycles. The van der Waals surface area contributed by atoms with E-state index in [4.69, 9.17) is 0 Å². The molecule has 0 heterocycles. The molecular formula is C27H27NS. The minimum atomic E-state index is 0.556. The van der Waals surface area contributed by atoms with Crippen molar-refractivity contribution in [1.29, 1.82) is 0 Å². The van der Waals surface area contributed by atoms with E-state index in [1.54, 1.807) is 0 Å². The third-order valence-electron chi connectivity index (χ3n) is 5.66. The summed E-state index contributed by atoms with van der Waals surface area (Å²) >= 11 is 4.69. The SMILES string of the molecule is Cc1cc(C#Cc2c(C)cc(C#CC3CCC(C)CC3)cc2C)ccc1N=C=S. The van der Waals surface area contributed by atoms with Crippen LogP contribution in [0.5, 0.6) is 0 Å². The number of aryl methyl sites for hydroxylation is 3. The van der Waals surface area contributed by atoms with Gasteiger partial charge < -0.3 is 0 Å². The molecule has 29 heavy (non-hydrogen) atoms. The molecule has 0 aromatic heterocycles. The van der Waals surface area contributed by atoms with Crippen molar-refractivity contribution in [2.75, 3.05) is 0 Å². The monoisotopic (exact) mass is 397 g/mol. The number of aliphatic imine (C=N–C) groups is 1. The second-order valence-electron chi connectivity index (χ2n) is 8.17. The highest BCUT2D eigenvalue weighted by Gasteiger charge is 2.15. The lowest BCUT2D eigenvalue weighted by molar-refractivity contribution is 0.337. The molecule has 1 fully saturated rings. The van der Waals surface area contributed by atoms with E-state index in [0.717, 1.165) is 33.9 Å². The highest BCUT2D eigenvalue weighted by Crippen LogP contribution is 2.27. The Hall–Kier alpha value is -2.64. The van der Waals surface area contributed by atoms with E-state index in [1.165, 1.54) is 36.8 Å². The lowest BCUT2D eigenvalue weighted by atomic mass is 9.83. The Morgan fingerprint density at radius 2 is 1.48 bits per heavy atom. The Morgan fingerprint density at radius 1 is 0.828 bits per heavy atom. The summed E-state index contributed by atoms with van der Waals surface area (Å²) in [6.45, 7) is 8.59. The van der Waals surface area contributed by atoms with Crippen molar-refractivity contribution < 1.29 is 0 Å². The summed E-state index contributed by atoms with van der Waals surface area (Å²) in [6.07, 6.45) is 5.10. The van der Waals surface area contributed by atoms with Gasteiger partial charge in [0.1, 0.15) is 0 Å². The van der Waals surface area contributed by atoms with E-state index in [9.17, 15) is 0 Å². The molecule has 0 amide bonds. The van der Waals surface area contributed by atoms with Crippen molar-refractivity contribution in [1.82, 2.24) is 0 Å². The van der Waals surface area contributed by atoms with Gasteiger partial charge in [0.2, 0.25) is 0 Å². The standard InChI is InChI=1S/C27H27NS/c1-19-5-7-23(8-6-19)9-10-25-15-20(2)26(21(3)16-25)13-11-24-12-14-27(28-18-29)22(4)17-24/h12,14-17,19,23H,5-8H2,1-4H3. The molecule has 0 spiro atoms. The first-order chi connectivity index (χ1) is 14.0. The van der Waals surface area contributed by atoms with Gasteiger partial charge in [-0.2, -0.15) is 4.99 Å². The van der Waals surface area contributed by atoms with Crippen LogP contribution in [0.1, 0.15) is 66.0 Å². The molecule has 0 saturated heterocycles. The van der Waals surface area contributed by atoms with Gasteiger partial charge in [0.15, 0.2) is 0 Å². The molecule has 0 radical (unpaired) electrons. The first-order valence-corrected chi connectivity index (χ1v) is 10.7. The highest BCUT2D eigenvalue weighted by molar-refractivity contribution is 7.78. The summed E-state index contributed by atoms with van der Waals surface area (Å²) < 4.78 is 0. The Morgan fingerprint density at radius 3 is 2.10 bits per heavy atom. The third kappa shape index (κ3) is 5.68. The second kappa shape index (κ2) is 9.71. The first-order valence-electron chi connectivity index (χ1n) is 10.3. The van der Waals surface area contributed by atoms with Crippen LogP contribution in [0.3, 0.4) is 0 Å². The second-order valence-corrected chi connectivity index (χ2v) is 8.35. The summed E-state index contributed by atoms with van der Waals surface area (Å²) in [6, 6.07) is 10.3. The summed E-state index contributed by atoms with van der Waals surface area (Å²) in [5.41, 5.74) is 7.40. The van der Waals surface area contributed by atoms with E-state index in [2.05, 4.69) is 79.0 Å². The highest BCUT2D eigenvalue weighted by atomic mass is 32.1. The van der Waals surface area contributed by atoms with Gasteiger partial charge in [-0.15, -0.1) is 0 Å². The molecule has 0 bridgehead atoms. The van der Waals surface area contributed by atoms with E-state index < -0.39 is 0 Å². The zero-order valence-electron chi connectivity index (χ0n) is 17.7. The minimum Gasteiger partial charge on any atom is -0.194 e. The largest absolute Gasteiger partial charge is 0.194 e. The summed E-state index contributed by atoms with van der Waals surface area (Å²) in [7, 11) is 0. The molecule has 1 saturated carbocycles. The van der Waals surface area contributed by atoms with Crippen LogP contribution in [-0.4, -0.2) is 5.16 Å². The smallest absolute Gasteiger partial charge is 0.0769 e. The third-order valence-corrected chi connectivity index (χ3v) is 5.76. The normalized spacial score (nSPS) is 17.9. The van der Waals surface area contributed by atoms with Crippen molar-refractivity contribution in [2.24, 2.45) is 16.8 Å². The van der Waals surface area contributed by atoms with Gasteiger partial charge in [-0.05, 0) is 112 Å². The van der Waals surface area contributed by atoms with Crippen molar-refractivity contribution in [3.05, 3.63) is 63.7 Å². The number of hydrogen-bond donors (Lipinski definition) is 0. The van der Waals surface area contributed by atoms with Crippen molar-refractivity contribution in [3.8, 4) is 23.7 Å². The molecule has 1 nitrogen and oxygen atoms in total. The zero-order chi connectivity index (χ0) is 20.8. The van der Waals surface area contributed by atoms with E-state index in [1.807, 2.05) is 25.1 Å². The maximum atomic E-state index is 4.69. The molecule has 3 rings (SSSR count). The Kier molecular flexibility index (Phi) is 7.06. The molecule has 146 valence electrons. The minimum absolute atomic E-state index is 0.556. The summed E-state index contributed by atoms with van der Waals surface area (Å²) in [4.78, 5) is 4.06. The van der Waals surface area contributed by atoms with E-state index >= 15 is 0 Å². The molecule has 2 aromatic rings. The molecule has 1 aliphatic rings. The van der Waals surface area contributed by atoms with Crippen molar-refractivity contribution in [2.45, 2.75) is 53.4 Å². The topological polar surface area (TPSA) is 12.4 Å². The Bertz CT molecular complexity index is 1050. The molecule has 2 heteroatoms. The first kappa shape index (κ1) is 21.1. The molecular weight excluding hydrogens is 370 g/mol. The number of thiocarbonyl (C=S) groups is 1. The maximum Gasteiger partial charge on any atom is 0.0769 e. The van der Waals surface area contributed by atoms with Crippen LogP contribution < -0.4 is 0 Å². The number of isothiocyanates is 1. The Labute approximate surface area is 180 Å². The van der Waals surface area contributed by atoms with E-state index in [0.29, 0.717) is 5.92 Å². The van der Waals surface area contributed by atoms with Gasteiger partial charge in [0.25, 0.3) is 0 Å². The molecule has 0 unspecified atom stereocenters. The predicted molar refractivity (Wildman–Crippen MR) is 126 cm³/mol. The lowest BCUT2D eigenvalue weighted by Crippen LogP contribution is -2.10. The van der Waals surface area contributed by atoms with Crippen LogP contribution >= 0.6 is 12.2 Å². The number of nitrogens with zero attached hydrogens (tertiary/aromatic N) is 1. The van der Waals surface area contributed by atoms with Crippen LogP contribution in [0.15, 0.2) is 35.3 Å². The summed E-state index contributed by atoms with van der Waals surface area (Å²) in [5.74, 6) is 15.0. The molecule has 0 N–H and O–H groups in total. The van der Waals surface area contributed by atoms with Gasteiger partial charge in [0, 0.05) is 22.6 Å². The van der Waals surface area contributed by atoms with Gasteiger partial charge in [-0.1, -0.05) is 30.6 Å². The predicted octanol–water partition coefficient (Wildman–Crippen LogP) is 6.92. The fourth-order valence-corrected chi connectivity index (χ4v) is 3.96. The molecule has 2 aromatic carbocycles. The van der Waals surface area contributed by atoms with Crippen molar-refractivity contribution in [3.63, 3.8) is 0 Å². The van der Waals surface area contributed by atoms with Gasteiger partial charge in [-0.25, -0.2) is 0 Å². The fraction of sp³-hybridized carbons (Fsp3) is 0.370. The van der Waals surface area contributed by atoms with Gasteiger partial charge in [0.05, 0.1) is 10.8 Å².